The summed E-state index contributed by atoms with van der Waals surface area (Å²) in [6.45, 7) is 4.46. The zero-order chi connectivity index (χ0) is 11.3. The van der Waals surface area contributed by atoms with E-state index in [-0.39, 0.29) is 17.1 Å². The summed E-state index contributed by atoms with van der Waals surface area (Å²) in [6, 6.07) is 1.52. The highest BCUT2D eigenvalue weighted by molar-refractivity contribution is 5.91. The molecule has 1 amide bonds. The van der Waals surface area contributed by atoms with Gasteiger partial charge < -0.3 is 15.6 Å². The van der Waals surface area contributed by atoms with Gasteiger partial charge in [-0.2, -0.15) is 0 Å². The number of nitrogens with one attached hydrogen (secondary N) is 1. The fraction of sp³-hybridized carbons (Fsp3) is 0.600. The minimum absolute atomic E-state index is 0.250. The maximum absolute atomic E-state index is 11.5. The number of hydrogen-bond donors (Lipinski definition) is 2. The van der Waals surface area contributed by atoms with Crippen LogP contribution in [0.1, 0.15) is 37.2 Å². The summed E-state index contributed by atoms with van der Waals surface area (Å²) in [7, 11) is 0. The average Bonchev–Trinajstić information content (AvgIpc) is 2.79. The van der Waals surface area contributed by atoms with E-state index in [1.807, 2.05) is 13.8 Å². The Morgan fingerprint density at radius 3 is 2.73 bits per heavy atom. The van der Waals surface area contributed by atoms with Crippen LogP contribution >= 0.6 is 0 Å². The molecule has 0 aromatic carbocycles. The van der Waals surface area contributed by atoms with E-state index in [0.717, 1.165) is 12.8 Å². The molecule has 1 heterocycles. The van der Waals surface area contributed by atoms with Crippen molar-refractivity contribution in [2.45, 2.75) is 32.2 Å². The molecule has 5 heteroatoms. The van der Waals surface area contributed by atoms with Gasteiger partial charge in [-0.1, -0.05) is 19.0 Å². The lowest BCUT2D eigenvalue weighted by molar-refractivity contribution is 0.0933. The first kappa shape index (κ1) is 11.7. The van der Waals surface area contributed by atoms with Crippen LogP contribution in [-0.2, 0) is 0 Å². The minimum Gasteiger partial charge on any atom is -0.364 e. The molecule has 1 aromatic rings. The Morgan fingerprint density at radius 1 is 1.60 bits per heavy atom. The number of aromatic nitrogens is 1. The third kappa shape index (κ3) is 3.06. The van der Waals surface area contributed by atoms with E-state index in [9.17, 15) is 4.79 Å². The van der Waals surface area contributed by atoms with E-state index >= 15 is 0 Å². The second-order valence-corrected chi connectivity index (χ2v) is 3.64. The van der Waals surface area contributed by atoms with Crippen LogP contribution in [0.4, 0.5) is 0 Å². The number of amides is 1. The second kappa shape index (κ2) is 4.93. The molecule has 15 heavy (non-hydrogen) atoms. The van der Waals surface area contributed by atoms with Crippen molar-refractivity contribution in [1.82, 2.24) is 10.5 Å². The highest BCUT2D eigenvalue weighted by atomic mass is 16.5. The topological polar surface area (TPSA) is 81.1 Å². The average molecular weight is 211 g/mol. The van der Waals surface area contributed by atoms with Crippen LogP contribution in [-0.4, -0.2) is 23.1 Å². The predicted molar refractivity (Wildman–Crippen MR) is 56.3 cm³/mol. The van der Waals surface area contributed by atoms with E-state index in [1.54, 1.807) is 0 Å². The molecule has 5 nitrogen and oxygen atoms in total. The van der Waals surface area contributed by atoms with Crippen molar-refractivity contribution in [3.8, 4) is 0 Å². The monoisotopic (exact) mass is 211 g/mol. The Hall–Kier alpha value is -1.36. The van der Waals surface area contributed by atoms with Crippen molar-refractivity contribution >= 4 is 5.91 Å². The largest absolute Gasteiger partial charge is 0.364 e. The first-order chi connectivity index (χ1) is 7.11. The summed E-state index contributed by atoms with van der Waals surface area (Å²) < 4.78 is 4.58. The van der Waals surface area contributed by atoms with Gasteiger partial charge in [-0.15, -0.1) is 0 Å². The predicted octanol–water partition coefficient (Wildman–Crippen LogP) is 0.922. The van der Waals surface area contributed by atoms with E-state index in [2.05, 4.69) is 15.0 Å². The van der Waals surface area contributed by atoms with Gasteiger partial charge in [0, 0.05) is 18.2 Å². The standard InChI is InChI=1S/C10H17N3O2/c1-3-10(11,4-2)7-12-9(14)8-5-6-15-13-8/h5-6H,3-4,7,11H2,1-2H3,(H,12,14). The third-order valence-electron chi connectivity index (χ3n) is 2.68. The Bertz CT molecular complexity index is 304. The maximum atomic E-state index is 11.5. The number of hydrogen-bond acceptors (Lipinski definition) is 4. The molecule has 0 aliphatic rings. The summed E-state index contributed by atoms with van der Waals surface area (Å²) in [5.41, 5.74) is 5.99. The summed E-state index contributed by atoms with van der Waals surface area (Å²) >= 11 is 0. The zero-order valence-corrected chi connectivity index (χ0v) is 9.12. The quantitative estimate of drug-likeness (QED) is 0.758. The molecule has 0 spiro atoms. The van der Waals surface area contributed by atoms with E-state index in [0.29, 0.717) is 6.54 Å². The van der Waals surface area contributed by atoms with Crippen molar-refractivity contribution in [3.05, 3.63) is 18.0 Å². The van der Waals surface area contributed by atoms with Gasteiger partial charge in [0.05, 0.1) is 0 Å². The van der Waals surface area contributed by atoms with Gasteiger partial charge in [0.15, 0.2) is 5.69 Å². The van der Waals surface area contributed by atoms with Crippen molar-refractivity contribution < 1.29 is 9.32 Å². The van der Waals surface area contributed by atoms with Crippen LogP contribution in [0.5, 0.6) is 0 Å². The molecule has 0 aliphatic heterocycles. The maximum Gasteiger partial charge on any atom is 0.273 e. The van der Waals surface area contributed by atoms with E-state index in [4.69, 9.17) is 5.73 Å². The Labute approximate surface area is 89.0 Å². The van der Waals surface area contributed by atoms with Gasteiger partial charge in [0.2, 0.25) is 0 Å². The zero-order valence-electron chi connectivity index (χ0n) is 9.12. The van der Waals surface area contributed by atoms with Crippen LogP contribution in [0.3, 0.4) is 0 Å². The lowest BCUT2D eigenvalue weighted by atomic mass is 9.94. The molecule has 0 saturated heterocycles. The van der Waals surface area contributed by atoms with Gasteiger partial charge in [0.25, 0.3) is 5.91 Å². The molecule has 1 rings (SSSR count). The smallest absolute Gasteiger partial charge is 0.273 e. The SMILES string of the molecule is CCC(N)(CC)CNC(=O)c1ccon1. The van der Waals surface area contributed by atoms with Crippen LogP contribution in [0, 0.1) is 0 Å². The van der Waals surface area contributed by atoms with Gasteiger partial charge in [0.1, 0.15) is 6.26 Å². The number of rotatable bonds is 5. The Kier molecular flexibility index (Phi) is 3.85. The van der Waals surface area contributed by atoms with Gasteiger partial charge in [-0.25, -0.2) is 0 Å². The Balaban J connectivity index is 2.47. The van der Waals surface area contributed by atoms with Crippen molar-refractivity contribution in [3.63, 3.8) is 0 Å². The van der Waals surface area contributed by atoms with Gasteiger partial charge in [-0.05, 0) is 12.8 Å². The molecular weight excluding hydrogens is 194 g/mol. The summed E-state index contributed by atoms with van der Waals surface area (Å²) in [4.78, 5) is 11.5. The molecule has 0 aliphatic carbocycles. The molecule has 0 atom stereocenters. The first-order valence-electron chi connectivity index (χ1n) is 5.09. The second-order valence-electron chi connectivity index (χ2n) is 3.64. The first-order valence-corrected chi connectivity index (χ1v) is 5.09. The van der Waals surface area contributed by atoms with Crippen molar-refractivity contribution in [2.24, 2.45) is 5.73 Å². The summed E-state index contributed by atoms with van der Waals surface area (Å²) in [6.07, 6.45) is 3.01. The van der Waals surface area contributed by atoms with E-state index < -0.39 is 0 Å². The van der Waals surface area contributed by atoms with Crippen molar-refractivity contribution in [1.29, 1.82) is 0 Å². The third-order valence-corrected chi connectivity index (χ3v) is 2.68. The lowest BCUT2D eigenvalue weighted by Gasteiger charge is -2.26. The number of carbonyl (C=O) groups is 1. The lowest BCUT2D eigenvalue weighted by Crippen LogP contribution is -2.49. The highest BCUT2D eigenvalue weighted by Crippen LogP contribution is 2.09. The Morgan fingerprint density at radius 2 is 2.27 bits per heavy atom. The molecule has 1 aromatic heterocycles. The van der Waals surface area contributed by atoms with Gasteiger partial charge >= 0.3 is 0 Å². The molecule has 0 fully saturated rings. The van der Waals surface area contributed by atoms with Crippen LogP contribution in [0.15, 0.2) is 16.9 Å². The van der Waals surface area contributed by atoms with Crippen LogP contribution in [0.2, 0.25) is 0 Å². The molecule has 84 valence electrons. The number of nitrogens with two attached hydrogens (primary N) is 1. The highest BCUT2D eigenvalue weighted by Gasteiger charge is 2.21. The van der Waals surface area contributed by atoms with Crippen LogP contribution < -0.4 is 11.1 Å². The fourth-order valence-electron chi connectivity index (χ4n) is 1.18. The molecule has 0 bridgehead atoms. The van der Waals surface area contributed by atoms with E-state index in [1.165, 1.54) is 12.3 Å². The molecule has 0 radical (unpaired) electrons. The number of nitrogens with zero attached hydrogens (tertiary/aromatic N) is 1. The molecular formula is C10H17N3O2. The normalized spacial score (nSPS) is 11.4. The minimum atomic E-state index is -0.334. The van der Waals surface area contributed by atoms with Crippen LogP contribution in [0.25, 0.3) is 0 Å². The van der Waals surface area contributed by atoms with Gasteiger partial charge in [-0.3, -0.25) is 4.79 Å². The summed E-state index contributed by atoms with van der Waals surface area (Å²) in [5, 5.41) is 6.28. The van der Waals surface area contributed by atoms with Crippen molar-refractivity contribution in [2.75, 3.05) is 6.54 Å². The fourth-order valence-corrected chi connectivity index (χ4v) is 1.18. The molecule has 0 unspecified atom stereocenters. The molecule has 0 saturated carbocycles. The molecule has 3 N–H and O–H groups in total. The summed E-state index contributed by atoms with van der Waals surface area (Å²) in [5.74, 6) is -0.250. The number of carbonyl (C=O) groups excluding carboxylic acids is 1.